The molecule has 0 heterocycles. The van der Waals surface area contributed by atoms with Crippen LogP contribution in [0.3, 0.4) is 0 Å². The largest absolute Gasteiger partial charge is 0.496 e. The number of benzene rings is 1. The SMILES string of the molecule is COc1cccc(N(CCC#N)C2CC2)c1C(C)O. The van der Waals surface area contributed by atoms with E-state index in [9.17, 15) is 5.11 Å². The number of nitrogens with zero attached hydrogens (tertiary/aromatic N) is 2. The lowest BCUT2D eigenvalue weighted by Gasteiger charge is -2.28. The highest BCUT2D eigenvalue weighted by atomic mass is 16.5. The van der Waals surface area contributed by atoms with Crippen molar-refractivity contribution in [3.05, 3.63) is 23.8 Å². The maximum atomic E-state index is 10.0. The molecule has 1 atom stereocenters. The van der Waals surface area contributed by atoms with Crippen LogP contribution in [0.2, 0.25) is 0 Å². The number of anilines is 1. The standard InChI is InChI=1S/C15H20N2O2/c1-11(18)15-13(5-3-6-14(15)19-2)17(10-4-9-16)12-7-8-12/h3,5-6,11-12,18H,4,7-8,10H2,1-2H3. The van der Waals surface area contributed by atoms with Gasteiger partial charge in [-0.25, -0.2) is 0 Å². The van der Waals surface area contributed by atoms with Crippen LogP contribution in [0.25, 0.3) is 0 Å². The molecule has 1 unspecified atom stereocenters. The molecular formula is C15H20N2O2. The average molecular weight is 260 g/mol. The van der Waals surface area contributed by atoms with E-state index in [4.69, 9.17) is 10.00 Å². The van der Waals surface area contributed by atoms with Gasteiger partial charge in [0.15, 0.2) is 0 Å². The van der Waals surface area contributed by atoms with Crippen molar-refractivity contribution in [3.63, 3.8) is 0 Å². The molecule has 1 fully saturated rings. The molecule has 0 amide bonds. The van der Waals surface area contributed by atoms with Crippen LogP contribution in [0.5, 0.6) is 5.75 Å². The third kappa shape index (κ3) is 2.99. The first-order valence-corrected chi connectivity index (χ1v) is 6.67. The van der Waals surface area contributed by atoms with Gasteiger partial charge in [0.05, 0.1) is 25.7 Å². The molecule has 0 aromatic heterocycles. The van der Waals surface area contributed by atoms with E-state index in [1.165, 1.54) is 0 Å². The van der Waals surface area contributed by atoms with Crippen LogP contribution >= 0.6 is 0 Å². The van der Waals surface area contributed by atoms with Crippen LogP contribution < -0.4 is 9.64 Å². The van der Waals surface area contributed by atoms with Crippen molar-refractivity contribution in [2.24, 2.45) is 0 Å². The monoisotopic (exact) mass is 260 g/mol. The first kappa shape index (κ1) is 13.7. The number of hydrogen-bond acceptors (Lipinski definition) is 4. The first-order chi connectivity index (χ1) is 9.19. The van der Waals surface area contributed by atoms with Crippen molar-refractivity contribution >= 4 is 5.69 Å². The fourth-order valence-electron chi connectivity index (χ4n) is 2.44. The topological polar surface area (TPSA) is 56.5 Å². The van der Waals surface area contributed by atoms with Gasteiger partial charge >= 0.3 is 0 Å². The van der Waals surface area contributed by atoms with Gasteiger partial charge in [0.25, 0.3) is 0 Å². The molecule has 19 heavy (non-hydrogen) atoms. The summed E-state index contributed by atoms with van der Waals surface area (Å²) in [4.78, 5) is 2.23. The van der Waals surface area contributed by atoms with Crippen molar-refractivity contribution in [3.8, 4) is 11.8 Å². The molecule has 4 nitrogen and oxygen atoms in total. The molecule has 1 aromatic carbocycles. The van der Waals surface area contributed by atoms with Crippen LogP contribution in [-0.2, 0) is 0 Å². The minimum atomic E-state index is -0.588. The van der Waals surface area contributed by atoms with Gasteiger partial charge in [-0.05, 0) is 31.9 Å². The summed E-state index contributed by atoms with van der Waals surface area (Å²) >= 11 is 0. The lowest BCUT2D eigenvalue weighted by atomic mass is 10.1. The van der Waals surface area contributed by atoms with E-state index in [1.807, 2.05) is 18.2 Å². The molecule has 4 heteroatoms. The Kier molecular flexibility index (Phi) is 4.28. The molecule has 0 bridgehead atoms. The quantitative estimate of drug-likeness (QED) is 0.854. The maximum absolute atomic E-state index is 10.0. The second-order valence-electron chi connectivity index (χ2n) is 4.90. The molecule has 102 valence electrons. The summed E-state index contributed by atoms with van der Waals surface area (Å²) in [5.41, 5.74) is 1.81. The van der Waals surface area contributed by atoms with Gasteiger partial charge in [0, 0.05) is 23.8 Å². The summed E-state index contributed by atoms with van der Waals surface area (Å²) in [6.45, 7) is 2.45. The third-order valence-corrected chi connectivity index (χ3v) is 3.44. The minimum Gasteiger partial charge on any atom is -0.496 e. The second kappa shape index (κ2) is 5.94. The van der Waals surface area contributed by atoms with Crippen molar-refractivity contribution in [2.45, 2.75) is 38.3 Å². The Balaban J connectivity index is 2.38. The second-order valence-corrected chi connectivity index (χ2v) is 4.90. The van der Waals surface area contributed by atoms with Crippen LogP contribution in [0, 0.1) is 11.3 Å². The average Bonchev–Trinajstić information content (AvgIpc) is 3.23. The fourth-order valence-corrected chi connectivity index (χ4v) is 2.44. The van der Waals surface area contributed by atoms with Gasteiger partial charge in [-0.1, -0.05) is 6.07 Å². The molecule has 0 saturated heterocycles. The summed E-state index contributed by atoms with van der Waals surface area (Å²) in [7, 11) is 1.61. The maximum Gasteiger partial charge on any atom is 0.126 e. The molecule has 0 aliphatic heterocycles. The number of aliphatic hydroxyl groups excluding tert-OH is 1. The normalized spacial score (nSPS) is 15.7. The lowest BCUT2D eigenvalue weighted by Crippen LogP contribution is -2.28. The lowest BCUT2D eigenvalue weighted by molar-refractivity contribution is 0.194. The van der Waals surface area contributed by atoms with E-state index in [-0.39, 0.29) is 0 Å². The Morgan fingerprint density at radius 2 is 2.26 bits per heavy atom. The number of ether oxygens (including phenoxy) is 1. The van der Waals surface area contributed by atoms with E-state index in [0.29, 0.717) is 24.8 Å². The Morgan fingerprint density at radius 1 is 1.53 bits per heavy atom. The molecule has 1 aromatic rings. The highest BCUT2D eigenvalue weighted by Crippen LogP contribution is 2.39. The first-order valence-electron chi connectivity index (χ1n) is 6.67. The Morgan fingerprint density at radius 3 is 2.79 bits per heavy atom. The van der Waals surface area contributed by atoms with Gasteiger partial charge in [0.2, 0.25) is 0 Å². The Bertz CT molecular complexity index is 476. The zero-order valence-electron chi connectivity index (χ0n) is 11.5. The van der Waals surface area contributed by atoms with Gasteiger partial charge in [-0.15, -0.1) is 0 Å². The van der Waals surface area contributed by atoms with Crippen LogP contribution in [0.1, 0.15) is 37.9 Å². The number of hydrogen-bond donors (Lipinski definition) is 1. The molecule has 1 aliphatic carbocycles. The van der Waals surface area contributed by atoms with Gasteiger partial charge in [0.1, 0.15) is 5.75 Å². The van der Waals surface area contributed by atoms with Crippen molar-refractivity contribution in [1.82, 2.24) is 0 Å². The highest BCUT2D eigenvalue weighted by Gasteiger charge is 2.31. The zero-order valence-corrected chi connectivity index (χ0v) is 11.5. The summed E-state index contributed by atoms with van der Waals surface area (Å²) in [6.07, 6.45) is 2.21. The van der Waals surface area contributed by atoms with Gasteiger partial charge < -0.3 is 14.7 Å². The van der Waals surface area contributed by atoms with Gasteiger partial charge in [-0.2, -0.15) is 5.26 Å². The highest BCUT2D eigenvalue weighted by molar-refractivity contribution is 5.61. The molecule has 0 spiro atoms. The molecule has 2 rings (SSSR count). The summed E-state index contributed by atoms with van der Waals surface area (Å²) in [5.74, 6) is 0.704. The summed E-state index contributed by atoms with van der Waals surface area (Å²) < 4.78 is 5.35. The van der Waals surface area contributed by atoms with E-state index in [0.717, 1.165) is 24.1 Å². The van der Waals surface area contributed by atoms with Crippen LogP contribution in [0.15, 0.2) is 18.2 Å². The van der Waals surface area contributed by atoms with E-state index in [1.54, 1.807) is 14.0 Å². The minimum absolute atomic E-state index is 0.493. The van der Waals surface area contributed by atoms with Crippen molar-refractivity contribution in [2.75, 3.05) is 18.6 Å². The molecule has 1 aliphatic rings. The molecular weight excluding hydrogens is 240 g/mol. The molecule has 0 radical (unpaired) electrons. The molecule has 1 saturated carbocycles. The third-order valence-electron chi connectivity index (χ3n) is 3.44. The predicted molar refractivity (Wildman–Crippen MR) is 74.2 cm³/mol. The van der Waals surface area contributed by atoms with Crippen molar-refractivity contribution in [1.29, 1.82) is 5.26 Å². The van der Waals surface area contributed by atoms with Crippen LogP contribution in [0.4, 0.5) is 5.69 Å². The smallest absolute Gasteiger partial charge is 0.126 e. The number of rotatable bonds is 6. The van der Waals surface area contributed by atoms with E-state index < -0.39 is 6.10 Å². The summed E-state index contributed by atoms with van der Waals surface area (Å²) in [5, 5.41) is 18.8. The number of methoxy groups -OCH3 is 1. The van der Waals surface area contributed by atoms with E-state index in [2.05, 4.69) is 11.0 Å². The number of nitriles is 1. The van der Waals surface area contributed by atoms with E-state index >= 15 is 0 Å². The fraction of sp³-hybridized carbons (Fsp3) is 0.533. The van der Waals surface area contributed by atoms with Crippen LogP contribution in [-0.4, -0.2) is 24.8 Å². The Labute approximate surface area is 114 Å². The predicted octanol–water partition coefficient (Wildman–Crippen LogP) is 2.63. The van der Waals surface area contributed by atoms with Crippen molar-refractivity contribution < 1.29 is 9.84 Å². The number of aliphatic hydroxyl groups is 1. The summed E-state index contributed by atoms with van der Waals surface area (Å²) in [6, 6.07) is 8.49. The molecule has 1 N–H and O–H groups in total. The zero-order chi connectivity index (χ0) is 13.8. The Hall–Kier alpha value is -1.73. The van der Waals surface area contributed by atoms with Gasteiger partial charge in [-0.3, -0.25) is 0 Å².